The van der Waals surface area contributed by atoms with Crippen molar-refractivity contribution in [3.63, 3.8) is 0 Å². The van der Waals surface area contributed by atoms with Crippen LogP contribution >= 0.6 is 0 Å². The number of ether oxygens (including phenoxy) is 1. The van der Waals surface area contributed by atoms with Gasteiger partial charge in [-0.15, -0.1) is 0 Å². The van der Waals surface area contributed by atoms with Gasteiger partial charge in [-0.3, -0.25) is 4.79 Å². The number of carbonyl (C=O) groups excluding carboxylic acids is 1. The number of aliphatic hydroxyl groups is 1. The smallest absolute Gasteiger partial charge is 0.340 e. The zero-order valence-corrected chi connectivity index (χ0v) is 20.7. The number of nitrogens with zero attached hydrogens (tertiary/aromatic N) is 2. The predicted octanol–water partition coefficient (Wildman–Crippen LogP) is 3.97. The van der Waals surface area contributed by atoms with Crippen LogP contribution in [0.3, 0.4) is 0 Å². The zero-order valence-electron chi connectivity index (χ0n) is 20.7. The van der Waals surface area contributed by atoms with E-state index in [9.17, 15) is 19.1 Å². The molecule has 184 valence electrons. The van der Waals surface area contributed by atoms with Gasteiger partial charge in [0.1, 0.15) is 12.4 Å². The lowest BCUT2D eigenvalue weighted by atomic mass is 9.81. The molecular weight excluding hydrogens is 449 g/mol. The molecular formula is C27H30FN3O4. The molecule has 35 heavy (non-hydrogen) atoms. The molecule has 0 bridgehead atoms. The quantitative estimate of drug-likeness (QED) is 0.423. The summed E-state index contributed by atoms with van der Waals surface area (Å²) in [7, 11) is 0. The maximum atomic E-state index is 14.8. The van der Waals surface area contributed by atoms with Crippen molar-refractivity contribution < 1.29 is 19.0 Å². The molecule has 1 aromatic carbocycles. The minimum atomic E-state index is -1.50. The molecule has 2 atom stereocenters. The van der Waals surface area contributed by atoms with Crippen LogP contribution in [0.2, 0.25) is 0 Å². The maximum absolute atomic E-state index is 14.8. The molecule has 6 rings (SSSR count). The van der Waals surface area contributed by atoms with Gasteiger partial charge in [-0.2, -0.15) is 0 Å². The maximum Gasteiger partial charge on any atom is 0.340 e. The number of esters is 1. The number of rotatable bonds is 2. The molecule has 4 heterocycles. The second-order valence-electron chi connectivity index (χ2n) is 9.49. The fourth-order valence-corrected chi connectivity index (χ4v) is 5.67. The number of cyclic esters (lactones) is 1. The summed E-state index contributed by atoms with van der Waals surface area (Å²) in [6.45, 7) is 10.2. The van der Waals surface area contributed by atoms with Crippen molar-refractivity contribution in [2.75, 3.05) is 0 Å². The lowest BCUT2D eigenvalue weighted by molar-refractivity contribution is -0.157. The Morgan fingerprint density at radius 2 is 1.94 bits per heavy atom. The molecule has 2 unspecified atom stereocenters. The van der Waals surface area contributed by atoms with E-state index in [0.717, 1.165) is 34.9 Å². The third-order valence-corrected chi connectivity index (χ3v) is 7.18. The molecule has 0 saturated heterocycles. The van der Waals surface area contributed by atoms with Crippen molar-refractivity contribution in [3.8, 4) is 11.4 Å². The number of aryl methyl sites for hydroxylation is 1. The number of carbonyl (C=O) groups is 1. The van der Waals surface area contributed by atoms with Crippen LogP contribution in [-0.2, 0) is 29.1 Å². The number of pyridine rings is 2. The van der Waals surface area contributed by atoms with Gasteiger partial charge >= 0.3 is 5.97 Å². The Hall–Kier alpha value is -3.10. The zero-order chi connectivity index (χ0) is 25.2. The van der Waals surface area contributed by atoms with E-state index in [1.165, 1.54) is 6.07 Å². The Morgan fingerprint density at radius 1 is 1.20 bits per heavy atom. The first-order chi connectivity index (χ1) is 16.8. The number of hydrogen-bond donors (Lipinski definition) is 2. The first kappa shape index (κ1) is 23.6. The van der Waals surface area contributed by atoms with Crippen LogP contribution in [0.25, 0.3) is 22.3 Å². The van der Waals surface area contributed by atoms with Gasteiger partial charge in [0.25, 0.3) is 5.56 Å². The van der Waals surface area contributed by atoms with Crippen LogP contribution in [0, 0.1) is 12.7 Å². The van der Waals surface area contributed by atoms with Crippen LogP contribution < -0.4 is 10.9 Å². The number of hydrogen-bond acceptors (Lipinski definition) is 6. The highest BCUT2D eigenvalue weighted by Gasteiger charge is 2.37. The second-order valence-corrected chi connectivity index (χ2v) is 9.49. The highest BCUT2D eigenvalue weighted by Crippen LogP contribution is 2.45. The average Bonchev–Trinajstić information content (AvgIpc) is 3.20. The van der Waals surface area contributed by atoms with E-state index in [1.807, 2.05) is 20.8 Å². The molecule has 2 aromatic heterocycles. The number of benzene rings is 1. The number of fused-ring (bicyclic) bond motifs is 5. The summed E-state index contributed by atoms with van der Waals surface area (Å²) >= 11 is 0. The Kier molecular flexibility index (Phi) is 5.76. The lowest BCUT2D eigenvalue weighted by Crippen LogP contribution is -2.33. The third kappa shape index (κ3) is 3.42. The topological polar surface area (TPSA) is 93.5 Å². The molecule has 3 aliphatic rings. The minimum absolute atomic E-state index is 0.0525. The van der Waals surface area contributed by atoms with E-state index in [-0.39, 0.29) is 41.2 Å². The van der Waals surface area contributed by atoms with Crippen molar-refractivity contribution in [3.05, 3.63) is 61.7 Å². The highest BCUT2D eigenvalue weighted by molar-refractivity contribution is 5.93. The van der Waals surface area contributed by atoms with Crippen molar-refractivity contribution in [2.24, 2.45) is 0 Å². The van der Waals surface area contributed by atoms with E-state index in [0.29, 0.717) is 29.0 Å². The number of aliphatic hydroxyl groups excluding tert-OH is 1. The van der Waals surface area contributed by atoms with Gasteiger partial charge in [-0.25, -0.2) is 14.2 Å². The molecule has 0 amide bonds. The molecule has 1 aliphatic carbocycles. The molecule has 0 fully saturated rings. The molecule has 2 aliphatic heterocycles. The monoisotopic (exact) mass is 479 g/mol. The molecule has 3 aromatic rings. The van der Waals surface area contributed by atoms with Crippen molar-refractivity contribution >= 4 is 16.9 Å². The van der Waals surface area contributed by atoms with Crippen molar-refractivity contribution in [1.82, 2.24) is 14.9 Å². The van der Waals surface area contributed by atoms with E-state index in [4.69, 9.17) is 9.72 Å². The van der Waals surface area contributed by atoms with Crippen LogP contribution in [0.4, 0.5) is 4.39 Å². The molecule has 2 N–H and O–H groups in total. The second kappa shape index (κ2) is 8.53. The van der Waals surface area contributed by atoms with Crippen LogP contribution in [0.15, 0.2) is 16.9 Å². The fourth-order valence-electron chi connectivity index (χ4n) is 5.67. The third-order valence-electron chi connectivity index (χ3n) is 7.18. The Balaban J connectivity index is 0.00000124. The summed E-state index contributed by atoms with van der Waals surface area (Å²) in [4.78, 5) is 30.1. The Bertz CT molecular complexity index is 1440. The molecule has 7 nitrogen and oxygen atoms in total. The van der Waals surface area contributed by atoms with Gasteiger partial charge in [0.2, 0.25) is 0 Å². The number of aromatic nitrogens is 2. The predicted molar refractivity (Wildman–Crippen MR) is 131 cm³/mol. The van der Waals surface area contributed by atoms with Gasteiger partial charge in [-0.1, -0.05) is 27.7 Å². The van der Waals surface area contributed by atoms with Crippen molar-refractivity contribution in [1.29, 1.82) is 0 Å². The summed E-state index contributed by atoms with van der Waals surface area (Å²) in [5, 5.41) is 15.0. The summed E-state index contributed by atoms with van der Waals surface area (Å²) in [6, 6.07) is 3.44. The first-order valence-electron chi connectivity index (χ1n) is 12.3. The minimum Gasteiger partial charge on any atom is -0.458 e. The molecule has 0 spiro atoms. The van der Waals surface area contributed by atoms with Gasteiger partial charge in [0.15, 0.2) is 6.10 Å². The van der Waals surface area contributed by atoms with Gasteiger partial charge < -0.3 is 19.7 Å². The summed E-state index contributed by atoms with van der Waals surface area (Å²) < 4.78 is 21.4. The Labute approximate surface area is 202 Å². The summed E-state index contributed by atoms with van der Waals surface area (Å²) in [6.07, 6.45) is 0.0755. The average molecular weight is 480 g/mol. The van der Waals surface area contributed by atoms with E-state index in [2.05, 4.69) is 19.2 Å². The van der Waals surface area contributed by atoms with E-state index >= 15 is 0 Å². The van der Waals surface area contributed by atoms with Gasteiger partial charge in [0, 0.05) is 34.7 Å². The first-order valence-corrected chi connectivity index (χ1v) is 12.3. The Morgan fingerprint density at radius 3 is 2.66 bits per heavy atom. The molecule has 0 radical (unpaired) electrons. The SMILES string of the molecule is CC.Cc1c(F)cc2nc3c(c4c2c1CCC4NC(C)C)Cn1c-3cc2c(c1=O)COC(=O)C2O. The highest BCUT2D eigenvalue weighted by atomic mass is 19.1. The lowest BCUT2D eigenvalue weighted by Gasteiger charge is -2.31. The van der Waals surface area contributed by atoms with E-state index < -0.39 is 12.1 Å². The number of nitrogens with one attached hydrogen (secondary N) is 1. The standard InChI is InChI=1S/C25H24FN3O4.C2H6/c1-10(2)27-17-5-4-12-11(3)16(26)7-18-20(12)21(17)14-8-29-19(22(14)28-18)6-13-15(24(29)31)9-33-25(32)23(13)30;1-2/h6-7,10,17,23,27,30H,4-5,8-9H2,1-3H3;1-2H3. The van der Waals surface area contributed by atoms with Crippen LogP contribution in [-0.4, -0.2) is 26.7 Å². The molecule has 0 saturated carbocycles. The van der Waals surface area contributed by atoms with E-state index in [1.54, 1.807) is 10.6 Å². The van der Waals surface area contributed by atoms with Gasteiger partial charge in [-0.05, 0) is 42.5 Å². The number of halogens is 1. The molecule has 8 heteroatoms. The van der Waals surface area contributed by atoms with Gasteiger partial charge in [0.05, 0.1) is 29.0 Å². The largest absolute Gasteiger partial charge is 0.458 e. The summed E-state index contributed by atoms with van der Waals surface area (Å²) in [5.41, 5.74) is 5.60. The normalized spacial score (nSPS) is 19.6. The van der Waals surface area contributed by atoms with Crippen LogP contribution in [0.5, 0.6) is 0 Å². The van der Waals surface area contributed by atoms with Crippen molar-refractivity contribution in [2.45, 2.75) is 78.8 Å². The summed E-state index contributed by atoms with van der Waals surface area (Å²) in [5.74, 6) is -1.06. The fraction of sp³-hybridized carbons (Fsp3) is 0.444. The van der Waals surface area contributed by atoms with Crippen LogP contribution in [0.1, 0.15) is 79.6 Å².